The highest BCUT2D eigenvalue weighted by molar-refractivity contribution is 9.10. The molecule has 0 amide bonds. The van der Waals surface area contributed by atoms with Crippen molar-refractivity contribution in [2.75, 3.05) is 17.6 Å². The Hall–Kier alpha value is -2.22. The first-order valence-corrected chi connectivity index (χ1v) is 8.31. The fourth-order valence-electron chi connectivity index (χ4n) is 2.25. The first-order valence-electron chi connectivity index (χ1n) is 7.52. The Morgan fingerprint density at radius 1 is 1.26 bits per heavy atom. The molecule has 0 aliphatic rings. The minimum atomic E-state index is 0.370. The van der Waals surface area contributed by atoms with Crippen LogP contribution in [0.5, 0.6) is 0 Å². The summed E-state index contributed by atoms with van der Waals surface area (Å²) < 4.78 is 2.59. The molecular formula is C15H18BrN7. The van der Waals surface area contributed by atoms with Gasteiger partial charge >= 0.3 is 0 Å². The quantitative estimate of drug-likeness (QED) is 0.508. The molecule has 3 aromatic heterocycles. The second-order valence-electron chi connectivity index (χ2n) is 5.17. The van der Waals surface area contributed by atoms with Gasteiger partial charge in [0.15, 0.2) is 21.7 Å². The topological polar surface area (TPSA) is 94.5 Å². The third kappa shape index (κ3) is 3.42. The van der Waals surface area contributed by atoms with Crippen LogP contribution in [0.2, 0.25) is 0 Å². The number of nitrogens with one attached hydrogen (secondary N) is 1. The highest BCUT2D eigenvalue weighted by atomic mass is 79.9. The van der Waals surface area contributed by atoms with Gasteiger partial charge in [0, 0.05) is 12.7 Å². The van der Waals surface area contributed by atoms with Gasteiger partial charge in [-0.25, -0.2) is 4.98 Å². The minimum Gasteiger partial charge on any atom is -0.382 e. The average molecular weight is 376 g/mol. The van der Waals surface area contributed by atoms with Gasteiger partial charge in [-0.1, -0.05) is 19.4 Å². The monoisotopic (exact) mass is 375 g/mol. The second-order valence-corrected chi connectivity index (χ2v) is 5.88. The first-order chi connectivity index (χ1) is 11.2. The van der Waals surface area contributed by atoms with E-state index in [0.29, 0.717) is 34.2 Å². The van der Waals surface area contributed by atoms with Crippen LogP contribution in [0.1, 0.15) is 25.5 Å². The van der Waals surface area contributed by atoms with Crippen LogP contribution in [0.4, 0.5) is 11.8 Å². The fourth-order valence-corrected chi connectivity index (χ4v) is 2.72. The molecule has 8 heteroatoms. The molecule has 3 aromatic rings. The molecule has 0 spiro atoms. The van der Waals surface area contributed by atoms with E-state index < -0.39 is 0 Å². The number of nitrogens with two attached hydrogens (primary N) is 1. The molecule has 0 fully saturated rings. The highest BCUT2D eigenvalue weighted by Gasteiger charge is 2.15. The Morgan fingerprint density at radius 2 is 2.13 bits per heavy atom. The molecule has 0 saturated heterocycles. The molecule has 0 atom stereocenters. The molecule has 23 heavy (non-hydrogen) atoms. The zero-order valence-corrected chi connectivity index (χ0v) is 14.4. The lowest BCUT2D eigenvalue weighted by Crippen LogP contribution is -2.09. The van der Waals surface area contributed by atoms with Crippen molar-refractivity contribution in [3.05, 3.63) is 34.8 Å². The van der Waals surface area contributed by atoms with Crippen molar-refractivity contribution in [3.8, 4) is 0 Å². The van der Waals surface area contributed by atoms with E-state index in [9.17, 15) is 0 Å². The number of pyridine rings is 1. The maximum Gasteiger partial charge on any atom is 0.226 e. The lowest BCUT2D eigenvalue weighted by atomic mass is 10.3. The summed E-state index contributed by atoms with van der Waals surface area (Å²) in [5, 5.41) is 3.20. The molecule has 0 aliphatic heterocycles. The van der Waals surface area contributed by atoms with E-state index in [0.717, 1.165) is 25.1 Å². The normalized spacial score (nSPS) is 11.0. The Kier molecular flexibility index (Phi) is 4.71. The Morgan fingerprint density at radius 3 is 2.87 bits per heavy atom. The number of anilines is 2. The third-order valence-electron chi connectivity index (χ3n) is 3.43. The van der Waals surface area contributed by atoms with Crippen molar-refractivity contribution in [3.63, 3.8) is 0 Å². The highest BCUT2D eigenvalue weighted by Crippen LogP contribution is 2.24. The van der Waals surface area contributed by atoms with Gasteiger partial charge in [0.05, 0.1) is 12.2 Å². The van der Waals surface area contributed by atoms with Gasteiger partial charge in [-0.2, -0.15) is 9.97 Å². The number of nitrogen functional groups attached to an aromatic ring is 1. The maximum absolute atomic E-state index is 6.03. The predicted octanol–water partition coefficient (Wildman–Crippen LogP) is 2.83. The summed E-state index contributed by atoms with van der Waals surface area (Å²) in [5.41, 5.74) is 8.24. The van der Waals surface area contributed by atoms with E-state index in [2.05, 4.69) is 48.1 Å². The van der Waals surface area contributed by atoms with E-state index in [4.69, 9.17) is 5.73 Å². The number of rotatable bonds is 6. The molecule has 0 bridgehead atoms. The summed E-state index contributed by atoms with van der Waals surface area (Å²) in [4.78, 5) is 17.6. The van der Waals surface area contributed by atoms with Crippen LogP contribution in [-0.4, -0.2) is 31.0 Å². The molecular weight excluding hydrogens is 358 g/mol. The van der Waals surface area contributed by atoms with Crippen molar-refractivity contribution in [1.29, 1.82) is 0 Å². The summed E-state index contributed by atoms with van der Waals surface area (Å²) >= 11 is 3.47. The van der Waals surface area contributed by atoms with Crippen LogP contribution in [0, 0.1) is 0 Å². The largest absolute Gasteiger partial charge is 0.382 e. The van der Waals surface area contributed by atoms with E-state index in [1.807, 2.05) is 22.8 Å². The van der Waals surface area contributed by atoms with Gasteiger partial charge in [0.25, 0.3) is 0 Å². The summed E-state index contributed by atoms with van der Waals surface area (Å²) in [6, 6.07) is 5.81. The molecule has 3 N–H and O–H groups in total. The number of imidazole rings is 1. The van der Waals surface area contributed by atoms with E-state index in [-0.39, 0.29) is 0 Å². The Bertz CT molecular complexity index is 800. The molecule has 0 aromatic carbocycles. The van der Waals surface area contributed by atoms with Crippen LogP contribution >= 0.6 is 15.9 Å². The van der Waals surface area contributed by atoms with E-state index in [1.54, 1.807) is 6.20 Å². The minimum absolute atomic E-state index is 0.370. The Balaban J connectivity index is 1.98. The average Bonchev–Trinajstić information content (AvgIpc) is 2.86. The van der Waals surface area contributed by atoms with Gasteiger partial charge in [0.2, 0.25) is 5.95 Å². The molecule has 120 valence electrons. The SMILES string of the molecule is CCCCNc1nc(N)c2nc(Br)n(Cc3ccccn3)c2n1. The molecule has 0 radical (unpaired) electrons. The third-order valence-corrected chi connectivity index (χ3v) is 4.04. The van der Waals surface area contributed by atoms with Gasteiger partial charge in [-0.15, -0.1) is 0 Å². The molecule has 0 unspecified atom stereocenters. The number of hydrogen-bond donors (Lipinski definition) is 2. The predicted molar refractivity (Wildman–Crippen MR) is 94.2 cm³/mol. The zero-order chi connectivity index (χ0) is 16.2. The van der Waals surface area contributed by atoms with E-state index in [1.165, 1.54) is 0 Å². The lowest BCUT2D eigenvalue weighted by molar-refractivity contribution is 0.767. The van der Waals surface area contributed by atoms with Gasteiger partial charge in [0.1, 0.15) is 0 Å². The number of fused-ring (bicyclic) bond motifs is 1. The fraction of sp³-hybridized carbons (Fsp3) is 0.333. The molecule has 0 saturated carbocycles. The van der Waals surface area contributed by atoms with Crippen LogP contribution in [0.3, 0.4) is 0 Å². The standard InChI is InChI=1S/C15H18BrN7/c1-2-3-7-19-15-21-12(17)11-13(22-15)23(14(16)20-11)9-10-6-4-5-8-18-10/h4-6,8H,2-3,7,9H2,1H3,(H3,17,19,21,22). The van der Waals surface area contributed by atoms with Crippen LogP contribution in [-0.2, 0) is 6.54 Å². The number of halogens is 1. The molecule has 3 rings (SSSR count). The van der Waals surface area contributed by atoms with Gasteiger partial charge in [-0.3, -0.25) is 9.55 Å². The maximum atomic E-state index is 6.03. The number of unbranched alkanes of at least 4 members (excludes halogenated alkanes) is 1. The molecule has 0 aliphatic carbocycles. The Labute approximate surface area is 142 Å². The zero-order valence-electron chi connectivity index (χ0n) is 12.8. The van der Waals surface area contributed by atoms with Crippen LogP contribution < -0.4 is 11.1 Å². The van der Waals surface area contributed by atoms with Gasteiger partial charge < -0.3 is 11.1 Å². The van der Waals surface area contributed by atoms with Crippen molar-refractivity contribution in [1.82, 2.24) is 24.5 Å². The number of aromatic nitrogens is 5. The van der Waals surface area contributed by atoms with Crippen LogP contribution in [0.25, 0.3) is 11.2 Å². The van der Waals surface area contributed by atoms with Crippen molar-refractivity contribution in [2.45, 2.75) is 26.3 Å². The van der Waals surface area contributed by atoms with Crippen molar-refractivity contribution in [2.24, 2.45) is 0 Å². The summed E-state index contributed by atoms with van der Waals surface area (Å²) in [7, 11) is 0. The molecule has 3 heterocycles. The number of nitrogens with zero attached hydrogens (tertiary/aromatic N) is 5. The van der Waals surface area contributed by atoms with Crippen molar-refractivity contribution < 1.29 is 0 Å². The van der Waals surface area contributed by atoms with Crippen molar-refractivity contribution >= 4 is 38.9 Å². The number of hydrogen-bond acceptors (Lipinski definition) is 6. The summed E-state index contributed by atoms with van der Waals surface area (Å²) in [6.45, 7) is 3.51. The smallest absolute Gasteiger partial charge is 0.226 e. The van der Waals surface area contributed by atoms with E-state index >= 15 is 0 Å². The molecule has 7 nitrogen and oxygen atoms in total. The summed E-state index contributed by atoms with van der Waals surface area (Å²) in [6.07, 6.45) is 3.93. The second kappa shape index (κ2) is 6.91. The van der Waals surface area contributed by atoms with Gasteiger partial charge in [-0.05, 0) is 34.5 Å². The first kappa shape index (κ1) is 15.7. The lowest BCUT2D eigenvalue weighted by Gasteiger charge is -2.07. The van der Waals surface area contributed by atoms with Crippen LogP contribution in [0.15, 0.2) is 29.1 Å². The summed E-state index contributed by atoms with van der Waals surface area (Å²) in [5.74, 6) is 0.896.